The molecule has 2 fully saturated rings. The van der Waals surface area contributed by atoms with E-state index < -0.39 is 25.1 Å². The molecule has 2 heterocycles. The molecule has 0 N–H and O–H groups in total. The maximum Gasteiger partial charge on any atom is 0.243 e. The molecule has 7 heteroatoms. The van der Waals surface area contributed by atoms with Gasteiger partial charge in [-0.3, -0.25) is 0 Å². The first-order chi connectivity index (χ1) is 14.4. The van der Waals surface area contributed by atoms with Crippen molar-refractivity contribution in [3.05, 3.63) is 59.7 Å². The fraction of sp³-hybridized carbons (Fsp3) is 0.478. The predicted molar refractivity (Wildman–Crippen MR) is 116 cm³/mol. The number of hydrogen-bond acceptors (Lipinski definition) is 4. The van der Waals surface area contributed by atoms with E-state index in [2.05, 4.69) is 0 Å². The summed E-state index contributed by atoms with van der Waals surface area (Å²) in [6.07, 6.45) is 6.42. The van der Waals surface area contributed by atoms with E-state index in [0.29, 0.717) is 22.6 Å². The van der Waals surface area contributed by atoms with Gasteiger partial charge in [0.2, 0.25) is 10.0 Å². The number of sulfonamides is 1. The number of rotatable bonds is 4. The summed E-state index contributed by atoms with van der Waals surface area (Å²) in [6.45, 7) is 0. The molecule has 0 saturated carbocycles. The molecule has 0 unspecified atom stereocenters. The molecule has 5 rings (SSSR count). The highest BCUT2D eigenvalue weighted by Gasteiger charge is 2.50. The third-order valence-electron chi connectivity index (χ3n) is 7.03. The summed E-state index contributed by atoms with van der Waals surface area (Å²) in [6, 6.07) is 13.6. The van der Waals surface area contributed by atoms with Crippen LogP contribution in [0.3, 0.4) is 0 Å². The molecule has 0 radical (unpaired) electrons. The van der Waals surface area contributed by atoms with Crippen molar-refractivity contribution in [3.8, 4) is 0 Å². The highest BCUT2D eigenvalue weighted by molar-refractivity contribution is 7.92. The van der Waals surface area contributed by atoms with E-state index in [9.17, 15) is 16.8 Å². The number of hydrogen-bond donors (Lipinski definition) is 0. The highest BCUT2D eigenvalue weighted by atomic mass is 32.2. The van der Waals surface area contributed by atoms with Crippen molar-refractivity contribution in [1.29, 1.82) is 0 Å². The van der Waals surface area contributed by atoms with Gasteiger partial charge in [0.25, 0.3) is 0 Å². The average Bonchev–Trinajstić information content (AvgIpc) is 3.04. The highest BCUT2D eigenvalue weighted by Crippen LogP contribution is 2.43. The van der Waals surface area contributed by atoms with Crippen molar-refractivity contribution in [1.82, 2.24) is 4.31 Å². The lowest BCUT2D eigenvalue weighted by Gasteiger charge is -2.37. The summed E-state index contributed by atoms with van der Waals surface area (Å²) in [5, 5.41) is -0.521. The van der Waals surface area contributed by atoms with Gasteiger partial charge in [0.05, 0.1) is 15.0 Å². The first-order valence-corrected chi connectivity index (χ1v) is 13.8. The normalized spacial score (nSPS) is 27.0. The van der Waals surface area contributed by atoms with Gasteiger partial charge in [-0.25, -0.2) is 16.8 Å². The van der Waals surface area contributed by atoms with Gasteiger partial charge in [-0.15, -0.1) is 0 Å². The zero-order chi connectivity index (χ0) is 20.9. The van der Waals surface area contributed by atoms with Gasteiger partial charge in [0.1, 0.15) is 0 Å². The molecule has 3 aliphatic rings. The molecule has 0 spiro atoms. The minimum Gasteiger partial charge on any atom is -0.223 e. The van der Waals surface area contributed by atoms with Gasteiger partial charge in [-0.05, 0) is 86.8 Å². The minimum atomic E-state index is -3.63. The minimum absolute atomic E-state index is 0.242. The summed E-state index contributed by atoms with van der Waals surface area (Å²) in [7, 11) is -7.08. The second-order valence-electron chi connectivity index (χ2n) is 8.81. The molecule has 30 heavy (non-hydrogen) atoms. The monoisotopic (exact) mass is 445 g/mol. The molecule has 2 bridgehead atoms. The number of nitrogens with zero attached hydrogens (tertiary/aromatic N) is 1. The second-order valence-corrected chi connectivity index (χ2v) is 12.9. The molecule has 0 amide bonds. The van der Waals surface area contributed by atoms with Crippen LogP contribution in [0.2, 0.25) is 0 Å². The maximum atomic E-state index is 13.5. The second kappa shape index (κ2) is 7.46. The number of sulfone groups is 1. The average molecular weight is 446 g/mol. The quantitative estimate of drug-likeness (QED) is 0.719. The Kier molecular flexibility index (Phi) is 5.03. The van der Waals surface area contributed by atoms with Crippen LogP contribution < -0.4 is 0 Å². The number of aryl methyl sites for hydroxylation is 2. The fourth-order valence-corrected chi connectivity index (χ4v) is 9.34. The van der Waals surface area contributed by atoms with Crippen molar-refractivity contribution in [2.45, 2.75) is 78.5 Å². The van der Waals surface area contributed by atoms with E-state index in [4.69, 9.17) is 0 Å². The lowest BCUT2D eigenvalue weighted by molar-refractivity contribution is 0.249. The molecule has 5 nitrogen and oxygen atoms in total. The van der Waals surface area contributed by atoms with Gasteiger partial charge in [-0.2, -0.15) is 4.31 Å². The van der Waals surface area contributed by atoms with Crippen LogP contribution >= 0.6 is 0 Å². The van der Waals surface area contributed by atoms with E-state index >= 15 is 0 Å². The number of fused-ring (bicyclic) bond motifs is 3. The number of benzene rings is 2. The van der Waals surface area contributed by atoms with Crippen LogP contribution in [0.25, 0.3) is 0 Å². The molecule has 2 aromatic carbocycles. The third-order valence-corrected chi connectivity index (χ3v) is 11.2. The Labute approximate surface area is 179 Å². The van der Waals surface area contributed by atoms with E-state index in [1.165, 1.54) is 5.56 Å². The Morgan fingerprint density at radius 3 is 2.03 bits per heavy atom. The van der Waals surface area contributed by atoms with Crippen molar-refractivity contribution >= 4 is 19.9 Å². The molecular formula is C23H27NO4S2. The van der Waals surface area contributed by atoms with Crippen molar-refractivity contribution in [2.24, 2.45) is 0 Å². The molecule has 1 aliphatic carbocycles. The fourth-order valence-electron chi connectivity index (χ4n) is 5.52. The Balaban J connectivity index is 1.43. The van der Waals surface area contributed by atoms with E-state index in [1.54, 1.807) is 40.7 Å². The van der Waals surface area contributed by atoms with Gasteiger partial charge >= 0.3 is 0 Å². The van der Waals surface area contributed by atoms with Crippen LogP contribution in [-0.2, 0) is 32.7 Å². The van der Waals surface area contributed by atoms with Crippen molar-refractivity contribution in [3.63, 3.8) is 0 Å². The van der Waals surface area contributed by atoms with Crippen LogP contribution in [0, 0.1) is 0 Å². The van der Waals surface area contributed by atoms with Crippen molar-refractivity contribution in [2.75, 3.05) is 0 Å². The van der Waals surface area contributed by atoms with E-state index in [0.717, 1.165) is 44.1 Å². The largest absolute Gasteiger partial charge is 0.243 e. The molecular weight excluding hydrogens is 418 g/mol. The summed E-state index contributed by atoms with van der Waals surface area (Å²) in [4.78, 5) is 0.699. The first kappa shape index (κ1) is 20.2. The van der Waals surface area contributed by atoms with Crippen molar-refractivity contribution < 1.29 is 16.8 Å². The number of piperidine rings is 1. The standard InChI is InChI=1S/C23H27NO4S2/c25-29(26,21-8-2-1-3-9-21)23-15-19-11-12-20(16-23)24(19)30(27,28)22-13-10-17-6-4-5-7-18(17)14-22/h1-3,8-10,13-14,19-20,23H,4-7,11-12,15-16H2/t19-,20-/m0/s1. The first-order valence-electron chi connectivity index (χ1n) is 10.8. The van der Waals surface area contributed by atoms with E-state index in [-0.39, 0.29) is 12.1 Å². The van der Waals surface area contributed by atoms with Gasteiger partial charge in [0.15, 0.2) is 9.84 Å². The zero-order valence-electron chi connectivity index (χ0n) is 16.9. The van der Waals surface area contributed by atoms with Crippen LogP contribution in [0.4, 0.5) is 0 Å². The summed E-state index contributed by atoms with van der Waals surface area (Å²) < 4.78 is 55.0. The van der Waals surface area contributed by atoms with Gasteiger partial charge in [-0.1, -0.05) is 24.3 Å². The molecule has 2 atom stereocenters. The van der Waals surface area contributed by atoms with Gasteiger partial charge in [0, 0.05) is 12.1 Å². The molecule has 160 valence electrons. The Hall–Kier alpha value is -1.70. The molecule has 2 saturated heterocycles. The predicted octanol–water partition coefficient (Wildman–Crippen LogP) is 3.72. The SMILES string of the molecule is O=S(=O)(c1ccccc1)C1C[C@@H]2CC[C@@H](C1)N2S(=O)(=O)c1ccc2c(c1)CCCC2. The van der Waals surface area contributed by atoms with Crippen LogP contribution in [0.5, 0.6) is 0 Å². The smallest absolute Gasteiger partial charge is 0.223 e. The van der Waals surface area contributed by atoms with E-state index in [1.807, 2.05) is 12.1 Å². The lowest BCUT2D eigenvalue weighted by atomic mass is 9.92. The Morgan fingerprint density at radius 2 is 1.37 bits per heavy atom. The molecule has 2 aromatic rings. The lowest BCUT2D eigenvalue weighted by Crippen LogP contribution is -2.49. The van der Waals surface area contributed by atoms with Crippen LogP contribution in [0.1, 0.15) is 49.7 Å². The maximum absolute atomic E-state index is 13.5. The summed E-state index contributed by atoms with van der Waals surface area (Å²) in [5.41, 5.74) is 2.41. The summed E-state index contributed by atoms with van der Waals surface area (Å²) in [5.74, 6) is 0. The molecule has 0 aromatic heterocycles. The summed E-state index contributed by atoms with van der Waals surface area (Å²) >= 11 is 0. The van der Waals surface area contributed by atoms with Crippen LogP contribution in [-0.4, -0.2) is 38.5 Å². The Bertz CT molecular complexity index is 1140. The van der Waals surface area contributed by atoms with Crippen LogP contribution in [0.15, 0.2) is 58.3 Å². The topological polar surface area (TPSA) is 71.5 Å². The molecule has 2 aliphatic heterocycles. The zero-order valence-corrected chi connectivity index (χ0v) is 18.5. The van der Waals surface area contributed by atoms with Gasteiger partial charge < -0.3 is 0 Å². The third kappa shape index (κ3) is 3.31. The Morgan fingerprint density at radius 1 is 0.733 bits per heavy atom.